The van der Waals surface area contributed by atoms with Gasteiger partial charge in [-0.15, -0.1) is 0 Å². The molecular weight excluding hydrogens is 408 g/mol. The fourth-order valence-corrected chi connectivity index (χ4v) is 4.82. The van der Waals surface area contributed by atoms with Crippen LogP contribution < -0.4 is 4.90 Å². The van der Waals surface area contributed by atoms with Crippen LogP contribution in [0.2, 0.25) is 5.02 Å². The van der Waals surface area contributed by atoms with Crippen molar-refractivity contribution < 1.29 is 26.0 Å². The van der Waals surface area contributed by atoms with Crippen molar-refractivity contribution >= 4 is 27.3 Å². The summed E-state index contributed by atoms with van der Waals surface area (Å²) in [5, 5.41) is -0.213. The molecule has 1 aliphatic rings. The summed E-state index contributed by atoms with van der Waals surface area (Å²) in [6.07, 6.45) is -4.44. The number of piperazine rings is 1. The van der Waals surface area contributed by atoms with Crippen molar-refractivity contribution in [2.75, 3.05) is 31.1 Å². The molecule has 0 saturated carbocycles. The van der Waals surface area contributed by atoms with E-state index in [9.17, 15) is 26.0 Å². The molecule has 0 N–H and O–H groups in total. The van der Waals surface area contributed by atoms with Gasteiger partial charge in [-0.2, -0.15) is 17.5 Å². The summed E-state index contributed by atoms with van der Waals surface area (Å²) >= 11 is 5.86. The first-order valence-corrected chi connectivity index (χ1v) is 9.78. The molecule has 10 heteroatoms. The van der Waals surface area contributed by atoms with Gasteiger partial charge in [0.15, 0.2) is 0 Å². The molecule has 0 atom stereocenters. The molecule has 2 aromatic rings. The topological polar surface area (TPSA) is 40.6 Å². The van der Waals surface area contributed by atoms with E-state index in [1.165, 1.54) is 10.4 Å². The van der Waals surface area contributed by atoms with Gasteiger partial charge in [-0.1, -0.05) is 17.7 Å². The Bertz CT molecular complexity index is 942. The molecule has 1 heterocycles. The van der Waals surface area contributed by atoms with Crippen LogP contribution >= 0.6 is 11.6 Å². The Morgan fingerprint density at radius 2 is 1.63 bits per heavy atom. The molecule has 0 unspecified atom stereocenters. The molecule has 0 aliphatic carbocycles. The van der Waals surface area contributed by atoms with Crippen molar-refractivity contribution in [3.8, 4) is 0 Å². The molecule has 0 radical (unpaired) electrons. The maximum Gasteiger partial charge on any atom is 0.416 e. The van der Waals surface area contributed by atoms with Crippen LogP contribution in [0.4, 0.5) is 23.2 Å². The van der Waals surface area contributed by atoms with E-state index < -0.39 is 27.6 Å². The van der Waals surface area contributed by atoms with Gasteiger partial charge in [0.2, 0.25) is 10.0 Å². The molecular formula is C17H15ClF4N2O2S. The van der Waals surface area contributed by atoms with E-state index in [2.05, 4.69) is 0 Å². The molecule has 4 nitrogen and oxygen atoms in total. The SMILES string of the molecule is O=S(=O)(c1ccc(F)cc1Cl)N1CCN(c2cccc(C(F)(F)F)c2)CC1. The van der Waals surface area contributed by atoms with Gasteiger partial charge < -0.3 is 4.90 Å². The number of benzene rings is 2. The molecule has 1 aliphatic heterocycles. The molecule has 1 fully saturated rings. The Balaban J connectivity index is 1.75. The average molecular weight is 423 g/mol. The molecule has 0 spiro atoms. The van der Waals surface area contributed by atoms with E-state index in [-0.39, 0.29) is 36.1 Å². The van der Waals surface area contributed by atoms with Gasteiger partial charge in [0.25, 0.3) is 0 Å². The molecule has 3 rings (SSSR count). The predicted molar refractivity (Wildman–Crippen MR) is 93.8 cm³/mol. The van der Waals surface area contributed by atoms with Crippen LogP contribution in [0.15, 0.2) is 47.4 Å². The molecule has 1 saturated heterocycles. The van der Waals surface area contributed by atoms with E-state index in [4.69, 9.17) is 11.6 Å². The first-order valence-electron chi connectivity index (χ1n) is 7.96. The zero-order valence-electron chi connectivity index (χ0n) is 13.9. The fourth-order valence-electron chi connectivity index (χ4n) is 2.89. The van der Waals surface area contributed by atoms with Crippen LogP contribution in [0.1, 0.15) is 5.56 Å². The van der Waals surface area contributed by atoms with Crippen molar-refractivity contribution in [2.45, 2.75) is 11.1 Å². The first kappa shape index (κ1) is 19.9. The van der Waals surface area contributed by atoms with Gasteiger partial charge in [0.05, 0.1) is 10.6 Å². The van der Waals surface area contributed by atoms with Gasteiger partial charge in [-0.3, -0.25) is 0 Å². The Labute approximate surface area is 159 Å². The minimum Gasteiger partial charge on any atom is -0.369 e. The number of rotatable bonds is 3. The van der Waals surface area contributed by atoms with E-state index in [1.54, 1.807) is 11.0 Å². The van der Waals surface area contributed by atoms with Crippen LogP contribution in [0.5, 0.6) is 0 Å². The Morgan fingerprint density at radius 1 is 0.963 bits per heavy atom. The van der Waals surface area contributed by atoms with Crippen LogP contribution in [0.25, 0.3) is 0 Å². The number of anilines is 1. The minimum absolute atomic E-state index is 0.0757. The highest BCUT2D eigenvalue weighted by Crippen LogP contribution is 2.32. The fraction of sp³-hybridized carbons (Fsp3) is 0.294. The highest BCUT2D eigenvalue weighted by Gasteiger charge is 2.33. The van der Waals surface area contributed by atoms with E-state index >= 15 is 0 Å². The summed E-state index contributed by atoms with van der Waals surface area (Å²) in [4.78, 5) is 1.49. The Morgan fingerprint density at radius 3 is 2.22 bits per heavy atom. The van der Waals surface area contributed by atoms with Gasteiger partial charge in [0.1, 0.15) is 10.7 Å². The summed E-state index contributed by atoms with van der Waals surface area (Å²) in [5.74, 6) is -0.645. The maximum atomic E-state index is 13.2. The van der Waals surface area contributed by atoms with Crippen molar-refractivity contribution in [1.29, 1.82) is 0 Å². The van der Waals surface area contributed by atoms with Crippen molar-refractivity contribution in [3.05, 3.63) is 58.9 Å². The summed E-state index contributed by atoms with van der Waals surface area (Å²) < 4.78 is 78.3. The van der Waals surface area contributed by atoms with Gasteiger partial charge in [0, 0.05) is 31.9 Å². The van der Waals surface area contributed by atoms with Gasteiger partial charge in [-0.25, -0.2) is 12.8 Å². The average Bonchev–Trinajstić information content (AvgIpc) is 2.61. The Kier molecular flexibility index (Phi) is 5.38. The number of hydrogen-bond acceptors (Lipinski definition) is 3. The number of sulfonamides is 1. The lowest BCUT2D eigenvalue weighted by Gasteiger charge is -2.35. The second-order valence-electron chi connectivity index (χ2n) is 6.01. The van der Waals surface area contributed by atoms with Gasteiger partial charge >= 0.3 is 6.18 Å². The first-order chi connectivity index (χ1) is 12.6. The zero-order chi connectivity index (χ0) is 19.8. The number of hydrogen-bond donors (Lipinski definition) is 0. The minimum atomic E-state index is -4.44. The summed E-state index contributed by atoms with van der Waals surface area (Å²) in [6, 6.07) is 7.94. The molecule has 0 amide bonds. The highest BCUT2D eigenvalue weighted by molar-refractivity contribution is 7.89. The van der Waals surface area contributed by atoms with Crippen molar-refractivity contribution in [2.24, 2.45) is 0 Å². The number of nitrogens with zero attached hydrogens (tertiary/aromatic N) is 2. The molecule has 146 valence electrons. The standard InChI is InChI=1S/C17H15ClF4N2O2S/c18-15-11-13(19)4-5-16(15)27(25,26)24-8-6-23(7-9-24)14-3-1-2-12(10-14)17(20,21)22/h1-5,10-11H,6-9H2. The van der Waals surface area contributed by atoms with Crippen LogP contribution in [0.3, 0.4) is 0 Å². The zero-order valence-corrected chi connectivity index (χ0v) is 15.5. The van der Waals surface area contributed by atoms with Crippen molar-refractivity contribution in [3.63, 3.8) is 0 Å². The van der Waals surface area contributed by atoms with Crippen LogP contribution in [-0.4, -0.2) is 38.9 Å². The second kappa shape index (κ2) is 7.29. The largest absolute Gasteiger partial charge is 0.416 e. The van der Waals surface area contributed by atoms with E-state index in [0.29, 0.717) is 5.69 Å². The third kappa shape index (κ3) is 4.20. The third-order valence-corrected chi connectivity index (χ3v) is 6.67. The monoisotopic (exact) mass is 422 g/mol. The molecule has 0 bridgehead atoms. The van der Waals surface area contributed by atoms with E-state index in [1.807, 2.05) is 0 Å². The van der Waals surface area contributed by atoms with E-state index in [0.717, 1.165) is 30.3 Å². The summed E-state index contributed by atoms with van der Waals surface area (Å²) in [6.45, 7) is 0.595. The number of alkyl halides is 3. The smallest absolute Gasteiger partial charge is 0.369 e. The quantitative estimate of drug-likeness (QED) is 0.702. The van der Waals surface area contributed by atoms with Crippen molar-refractivity contribution in [1.82, 2.24) is 4.31 Å². The highest BCUT2D eigenvalue weighted by atomic mass is 35.5. The summed E-state index contributed by atoms with van der Waals surface area (Å²) in [7, 11) is -3.92. The lowest BCUT2D eigenvalue weighted by molar-refractivity contribution is -0.137. The predicted octanol–water partition coefficient (Wildman–Crippen LogP) is 4.01. The lowest BCUT2D eigenvalue weighted by atomic mass is 10.1. The third-order valence-electron chi connectivity index (χ3n) is 4.29. The molecule has 2 aromatic carbocycles. The maximum absolute atomic E-state index is 13.2. The summed E-state index contributed by atoms with van der Waals surface area (Å²) in [5.41, 5.74) is -0.380. The van der Waals surface area contributed by atoms with Crippen LogP contribution in [0, 0.1) is 5.82 Å². The van der Waals surface area contributed by atoms with Gasteiger partial charge in [-0.05, 0) is 36.4 Å². The van der Waals surface area contributed by atoms with Crippen LogP contribution in [-0.2, 0) is 16.2 Å². The molecule has 0 aromatic heterocycles. The number of halogens is 5. The normalized spacial score (nSPS) is 16.6. The Hall–Kier alpha value is -1.84. The second-order valence-corrected chi connectivity index (χ2v) is 8.33. The lowest BCUT2D eigenvalue weighted by Crippen LogP contribution is -2.48. The molecule has 27 heavy (non-hydrogen) atoms.